The van der Waals surface area contributed by atoms with E-state index in [0.717, 1.165) is 42.6 Å². The second-order valence-corrected chi connectivity index (χ2v) is 18.1. The quantitative estimate of drug-likeness (QED) is 0.0370. The van der Waals surface area contributed by atoms with E-state index < -0.39 is 34.4 Å². The van der Waals surface area contributed by atoms with Crippen molar-refractivity contribution in [2.75, 3.05) is 25.1 Å². The first-order chi connectivity index (χ1) is 26.0. The van der Waals surface area contributed by atoms with Crippen molar-refractivity contribution in [1.82, 2.24) is 30.5 Å². The van der Waals surface area contributed by atoms with E-state index >= 15 is 0 Å². The van der Waals surface area contributed by atoms with Gasteiger partial charge >= 0.3 is 29.6 Å². The Balaban J connectivity index is 0.00000532. The first-order valence-corrected chi connectivity index (χ1v) is 20.0. The number of piperidine rings is 1. The second-order valence-electron chi connectivity index (χ2n) is 15.0. The van der Waals surface area contributed by atoms with Crippen LogP contribution >= 0.6 is 46.3 Å². The fourth-order valence-electron chi connectivity index (χ4n) is 8.21. The summed E-state index contributed by atoms with van der Waals surface area (Å²) in [6.45, 7) is 3.01. The number of nitrogen functional groups attached to an aromatic ring is 1. The Morgan fingerprint density at radius 3 is 2.48 bits per heavy atom. The number of hydrogen-bond acceptors (Lipinski definition) is 16. The van der Waals surface area contributed by atoms with Gasteiger partial charge in [-0.2, -0.15) is 5.21 Å². The molecule has 6 heterocycles. The number of anilines is 1. The number of hydrogen-bond donors (Lipinski definition) is 3. The number of aromatic hydroxyl groups is 2. The van der Waals surface area contributed by atoms with Gasteiger partial charge in [-0.05, 0) is 31.9 Å². The van der Waals surface area contributed by atoms with Gasteiger partial charge in [0, 0.05) is 55.4 Å². The number of oxime groups is 1. The molecule has 56 heavy (non-hydrogen) atoms. The van der Waals surface area contributed by atoms with Crippen LogP contribution in [0.1, 0.15) is 74.2 Å². The second kappa shape index (κ2) is 16.2. The predicted molar refractivity (Wildman–Crippen MR) is 199 cm³/mol. The number of amides is 1. The van der Waals surface area contributed by atoms with E-state index in [-0.39, 0.29) is 115 Å². The molecule has 292 valence electrons. The van der Waals surface area contributed by atoms with Crippen molar-refractivity contribution in [1.29, 1.82) is 0 Å². The molecule has 3 aromatic rings. The molecule has 2 bridgehead atoms. The summed E-state index contributed by atoms with van der Waals surface area (Å²) in [7, 11) is 2.21. The Morgan fingerprint density at radius 2 is 1.88 bits per heavy atom. The number of tetrazole rings is 1. The summed E-state index contributed by atoms with van der Waals surface area (Å²) in [4.78, 5) is 63.5. The minimum absolute atomic E-state index is 0. The number of aromatic nitrogens is 5. The number of phenolic OH excluding ortho intramolecular Hbond substituents is 2. The van der Waals surface area contributed by atoms with Crippen molar-refractivity contribution in [3.8, 4) is 11.5 Å². The van der Waals surface area contributed by atoms with Crippen LogP contribution in [0.5, 0.6) is 11.5 Å². The van der Waals surface area contributed by atoms with Crippen molar-refractivity contribution < 1.29 is 73.4 Å². The average Bonchev–Trinajstić information content (AvgIpc) is 3.81. The number of benzene rings is 1. The number of Topliss-reactive ketones (excluding diaryl/α,β-unsaturated/α-hetero) is 2. The summed E-state index contributed by atoms with van der Waals surface area (Å²) in [6.07, 6.45) is 3.49. The van der Waals surface area contributed by atoms with Crippen LogP contribution in [0.3, 0.4) is 0 Å². The number of rotatable bonds is 13. The number of ketones is 2. The molecule has 0 spiro atoms. The number of likely N-dealkylation sites (N-methyl/N-ethyl adjacent to an activating group) is 1. The number of phenols is 2. The molecular weight excluding hydrogens is 820 g/mol. The van der Waals surface area contributed by atoms with Gasteiger partial charge in [0.05, 0.1) is 52.9 Å². The smallest absolute Gasteiger partial charge is 0.546 e. The Hall–Kier alpha value is -3.30. The molecule has 22 heteroatoms. The minimum atomic E-state index is -1.89. The van der Waals surface area contributed by atoms with Crippen LogP contribution in [0.2, 0.25) is 9.36 Å². The van der Waals surface area contributed by atoms with E-state index in [2.05, 4.69) is 37.8 Å². The molecule has 2 aromatic heterocycles. The Labute approximate surface area is 360 Å². The van der Waals surface area contributed by atoms with Gasteiger partial charge in [-0.15, -0.1) is 11.8 Å². The Kier molecular flexibility index (Phi) is 12.2. The standard InChI is InChI=1S/C34H37Cl2N9O8S2.Na/c1-34(2,32(51)52)53-41-24(25-28(36)55-33(37)38-25)22(48)11-19-30(50)44-26(29-39-42-43-40-29)15(13-54-31(19)44)12-45(3)16-4-5-17(45)9-14(8-16)10-21(47)18-6-7-20(46)27(49)23(18)35;/h6-7,14,16-17,19,31H,4-5,8-13H2,1-3H3,(H5-,37,38,39,40,41,42,43,46,47,48,49,51,52);/q;+1/p-1/t14?,16-,17+,19-,31-,45?;/m1./s1. The fourth-order valence-corrected chi connectivity index (χ4v) is 10.8. The maximum atomic E-state index is 14.0. The summed E-state index contributed by atoms with van der Waals surface area (Å²) in [5.41, 5.74) is 5.11. The van der Waals surface area contributed by atoms with Crippen LogP contribution in [0, 0.1) is 11.8 Å². The van der Waals surface area contributed by atoms with E-state index in [0.29, 0.717) is 22.5 Å². The molecule has 7 rings (SSSR count). The van der Waals surface area contributed by atoms with Gasteiger partial charge in [-0.25, -0.2) is 4.98 Å². The number of carbonyl (C=O) groups is 4. The Morgan fingerprint density at radius 1 is 1.18 bits per heavy atom. The van der Waals surface area contributed by atoms with Crippen molar-refractivity contribution in [3.63, 3.8) is 0 Å². The third kappa shape index (κ3) is 7.68. The molecule has 0 saturated carbocycles. The molecule has 2 unspecified atom stereocenters. The van der Waals surface area contributed by atoms with Crippen LogP contribution in [0.4, 0.5) is 5.13 Å². The number of carbonyl (C=O) groups excluding carboxylic acids is 4. The number of carboxylic acid groups (broad SMARTS) is 1. The number of carboxylic acids is 1. The first-order valence-electron chi connectivity index (χ1n) is 17.4. The normalized spacial score (nSPS) is 26.0. The molecule has 4 N–H and O–H groups in total. The number of halogens is 2. The van der Waals surface area contributed by atoms with E-state index in [1.807, 2.05) is 0 Å². The zero-order valence-electron chi connectivity index (χ0n) is 30.8. The van der Waals surface area contributed by atoms with Crippen LogP contribution in [-0.2, 0) is 19.2 Å². The molecule has 3 saturated heterocycles. The van der Waals surface area contributed by atoms with E-state index in [9.17, 15) is 34.5 Å². The number of aliphatic carboxylic acids is 1. The maximum absolute atomic E-state index is 14.0. The van der Waals surface area contributed by atoms with Crippen molar-refractivity contribution in [2.24, 2.45) is 17.0 Å². The molecule has 3 fully saturated rings. The third-order valence-electron chi connectivity index (χ3n) is 11.2. The number of thiazole rings is 1. The maximum Gasteiger partial charge on any atom is 1.00 e. The van der Waals surface area contributed by atoms with Crippen LogP contribution < -0.4 is 45.5 Å². The molecule has 1 amide bonds. The number of nitrogens with zero attached hydrogens (tertiary/aromatic N) is 8. The Bertz CT molecular complexity index is 2140. The molecule has 4 aliphatic rings. The monoisotopic (exact) mass is 855 g/mol. The van der Waals surface area contributed by atoms with Gasteiger partial charge in [-0.3, -0.25) is 29.6 Å². The molecular formula is C34H36Cl2N9NaO8S2. The molecule has 6 atom stereocenters. The van der Waals surface area contributed by atoms with Crippen molar-refractivity contribution in [3.05, 3.63) is 44.1 Å². The third-order valence-corrected chi connectivity index (χ3v) is 14.0. The summed E-state index contributed by atoms with van der Waals surface area (Å²) in [5, 5.41) is 50.3. The van der Waals surface area contributed by atoms with E-state index in [1.54, 1.807) is 4.90 Å². The zero-order chi connectivity index (χ0) is 39.6. The molecule has 0 aliphatic carbocycles. The zero-order valence-corrected chi connectivity index (χ0v) is 35.9. The van der Waals surface area contributed by atoms with Gasteiger partial charge in [0.1, 0.15) is 16.6 Å². The van der Waals surface area contributed by atoms with Gasteiger partial charge in [-0.1, -0.05) is 39.7 Å². The number of fused-ring (bicyclic) bond motifs is 3. The SMILES string of the molecule is CC(C)(O/N=C(\C(=O)C[C@@H]1C(=O)N2C(c3nnn[n-]3)=C(C[N+]3(C)[C@@H]4CC[C@H]3CC(CC(=O)c3ccc(O)c(O)c3Cl)C4)CS[C@H]12)c1nc(N)sc1Cl)C(=O)[O-].[Na+]. The van der Waals surface area contributed by atoms with Gasteiger partial charge in [0.15, 0.2) is 39.5 Å². The van der Waals surface area contributed by atoms with Crippen LogP contribution in [0.15, 0.2) is 22.9 Å². The molecule has 1 aromatic carbocycles. The summed E-state index contributed by atoms with van der Waals surface area (Å²) in [6, 6.07) is 3.16. The fraction of sp³-hybridized carbons (Fsp3) is 0.500. The summed E-state index contributed by atoms with van der Waals surface area (Å²) in [5.74, 6) is -3.60. The topological polar surface area (TPSA) is 248 Å². The van der Waals surface area contributed by atoms with Crippen LogP contribution in [-0.4, -0.2) is 112 Å². The number of quaternary nitrogens is 1. The summed E-state index contributed by atoms with van der Waals surface area (Å²) < 4.78 is 0.750. The van der Waals surface area contributed by atoms with Gasteiger partial charge in [0.2, 0.25) is 5.91 Å². The molecule has 17 nitrogen and oxygen atoms in total. The minimum Gasteiger partial charge on any atom is -0.546 e. The first kappa shape index (κ1) is 42.3. The van der Waals surface area contributed by atoms with Gasteiger partial charge in [0.25, 0.3) is 0 Å². The number of nitrogens with two attached hydrogens (primary N) is 1. The van der Waals surface area contributed by atoms with Crippen LogP contribution in [0.25, 0.3) is 5.70 Å². The molecule has 0 radical (unpaired) electrons. The van der Waals surface area contributed by atoms with Gasteiger partial charge < -0.3 is 40.3 Å². The van der Waals surface area contributed by atoms with E-state index in [4.69, 9.17) is 33.8 Å². The summed E-state index contributed by atoms with van der Waals surface area (Å²) >= 11 is 14.9. The van der Waals surface area contributed by atoms with Crippen molar-refractivity contribution >= 4 is 86.3 Å². The van der Waals surface area contributed by atoms with Crippen molar-refractivity contribution in [2.45, 2.75) is 75.4 Å². The molecule has 4 aliphatic heterocycles. The number of β-lactam (4-membered cyclic amide) rings is 1. The number of thioether (sulfide) groups is 1. The average molecular weight is 857 g/mol. The van der Waals surface area contributed by atoms with E-state index in [1.165, 1.54) is 37.7 Å². The largest absolute Gasteiger partial charge is 1.00 e. The predicted octanol–water partition coefficient (Wildman–Crippen LogP) is -0.599.